The van der Waals surface area contributed by atoms with Crippen LogP contribution < -0.4 is 30.7 Å². The first kappa shape index (κ1) is 60.3. The van der Waals surface area contributed by atoms with Gasteiger partial charge in [0, 0.05) is 63.1 Å². The van der Waals surface area contributed by atoms with Gasteiger partial charge in [0.1, 0.15) is 23.8 Å². The third-order valence-corrected chi connectivity index (χ3v) is 15.0. The number of amides is 4. The molecule has 0 radical (unpaired) electrons. The predicted octanol–water partition coefficient (Wildman–Crippen LogP) is 7.30. The maximum Gasteiger partial charge on any atom is 0.414 e. The number of halogens is 2. The van der Waals surface area contributed by atoms with Crippen molar-refractivity contribution in [2.24, 2.45) is 5.73 Å². The van der Waals surface area contributed by atoms with Gasteiger partial charge in [-0.1, -0.05) is 73.7 Å². The molecule has 0 spiro atoms. The molecule has 4 amide bonds. The van der Waals surface area contributed by atoms with Crippen LogP contribution in [0.25, 0.3) is 0 Å². The summed E-state index contributed by atoms with van der Waals surface area (Å²) in [5.74, 6) is -2.61. The predicted molar refractivity (Wildman–Crippen MR) is 305 cm³/mol. The average molecular weight is 1130 g/mol. The number of ether oxygens (including phenoxy) is 4. The van der Waals surface area contributed by atoms with Crippen LogP contribution in [0.4, 0.5) is 41.1 Å². The fraction of sp³-hybridized carbons (Fsp3) is 0.418. The van der Waals surface area contributed by atoms with Gasteiger partial charge >= 0.3 is 24.1 Å². The Bertz CT molecular complexity index is 2770. The van der Waals surface area contributed by atoms with Crippen molar-refractivity contribution in [2.45, 2.75) is 52.7 Å². The summed E-state index contributed by atoms with van der Waals surface area (Å²) in [6, 6.07) is 23.1. The number of hydrogen-bond donors (Lipinski definition) is 2. The zero-order chi connectivity index (χ0) is 56.5. The molecule has 4 saturated heterocycles. The van der Waals surface area contributed by atoms with Crippen molar-refractivity contribution in [3.8, 4) is 0 Å². The molecule has 418 valence electrons. The second-order valence-electron chi connectivity index (χ2n) is 18.4. The minimum atomic E-state index is -0.548. The number of aryl methyl sites for hydroxylation is 2. The van der Waals surface area contributed by atoms with E-state index in [1.807, 2.05) is 36.8 Å². The van der Waals surface area contributed by atoms with Gasteiger partial charge < -0.3 is 49.6 Å². The molecule has 0 saturated carbocycles. The Hall–Kier alpha value is -6.95. The second kappa shape index (κ2) is 29.1. The summed E-state index contributed by atoms with van der Waals surface area (Å²) in [5, 5.41) is 3.06. The molecule has 4 heterocycles. The molecule has 23 heteroatoms. The zero-order valence-electron chi connectivity index (χ0n) is 44.4. The van der Waals surface area contributed by atoms with Gasteiger partial charge in [-0.2, -0.15) is 0 Å². The quantitative estimate of drug-likeness (QED) is 0.0683. The van der Waals surface area contributed by atoms with Crippen LogP contribution in [0.5, 0.6) is 0 Å². The first-order chi connectivity index (χ1) is 37.4. The highest BCUT2D eigenvalue weighted by Gasteiger charge is 2.34. The molecule has 0 unspecified atom stereocenters. The van der Waals surface area contributed by atoms with Crippen molar-refractivity contribution in [3.05, 3.63) is 119 Å². The van der Waals surface area contributed by atoms with Gasteiger partial charge in [-0.25, -0.2) is 28.0 Å². The maximum absolute atomic E-state index is 15.1. The Morgan fingerprint density at radius 3 is 1.40 bits per heavy atom. The first-order valence-corrected chi connectivity index (χ1v) is 27.6. The minimum absolute atomic E-state index is 0.205. The van der Waals surface area contributed by atoms with E-state index in [1.165, 1.54) is 21.9 Å². The van der Waals surface area contributed by atoms with Crippen LogP contribution in [0.2, 0.25) is 0 Å². The Labute approximate surface area is 468 Å². The first-order valence-electron chi connectivity index (χ1n) is 25.5. The summed E-state index contributed by atoms with van der Waals surface area (Å²) in [7, 11) is 0. The number of thioether (sulfide) groups is 1. The summed E-state index contributed by atoms with van der Waals surface area (Å²) < 4.78 is 51.8. The van der Waals surface area contributed by atoms with Gasteiger partial charge in [0.05, 0.1) is 58.5 Å². The number of piperazine rings is 2. The molecule has 8 rings (SSSR count). The summed E-state index contributed by atoms with van der Waals surface area (Å²) in [5.41, 5.74) is 9.99. The Morgan fingerprint density at radius 2 is 1.05 bits per heavy atom. The summed E-state index contributed by atoms with van der Waals surface area (Å²) in [6.45, 7) is 11.5. The average Bonchev–Trinajstić information content (AvgIpc) is 4.04. The number of esters is 2. The molecular formula is C55H66F2N8O10S3. The number of rotatable bonds is 15. The minimum Gasteiger partial charge on any atom is -0.452 e. The van der Waals surface area contributed by atoms with Crippen molar-refractivity contribution in [2.75, 3.05) is 118 Å². The normalized spacial score (nSPS) is 17.0. The molecule has 0 aliphatic carbocycles. The summed E-state index contributed by atoms with van der Waals surface area (Å²) in [6.07, 6.45) is 1.88. The molecular weight excluding hydrogens is 1070 g/mol. The highest BCUT2D eigenvalue weighted by Crippen LogP contribution is 2.30. The SMILES string of the molecule is CCC(=S)NC[C@H]1CN(c2ccc(N3CCN(C(=O)COC(=O)c4ccc(C)cc4)CC3)c(F)c2)C(=O)O1.CCC(=S)SC.Cc1ccc(C(=O)OCC(=O)N2CCN(c3ccc(N4C[C@H](CN)OC4=O)cc3F)CC2)cc1. The van der Waals surface area contributed by atoms with Crippen molar-refractivity contribution in [1.82, 2.24) is 15.1 Å². The summed E-state index contributed by atoms with van der Waals surface area (Å²) >= 11 is 11.6. The van der Waals surface area contributed by atoms with Crippen molar-refractivity contribution in [1.29, 1.82) is 0 Å². The molecule has 4 aromatic carbocycles. The number of nitrogens with zero attached hydrogens (tertiary/aromatic N) is 6. The Kier molecular flexibility index (Phi) is 22.5. The highest BCUT2D eigenvalue weighted by atomic mass is 32.2. The van der Waals surface area contributed by atoms with E-state index in [-0.39, 0.29) is 44.2 Å². The molecule has 78 heavy (non-hydrogen) atoms. The van der Waals surface area contributed by atoms with Crippen molar-refractivity contribution < 1.29 is 56.5 Å². The van der Waals surface area contributed by atoms with Gasteiger partial charge in [0.25, 0.3) is 11.8 Å². The fourth-order valence-electron chi connectivity index (χ4n) is 8.41. The number of nitrogens with one attached hydrogen (secondary N) is 1. The Morgan fingerprint density at radius 1 is 0.641 bits per heavy atom. The molecule has 4 aliphatic rings. The molecule has 3 N–H and O–H groups in total. The number of benzene rings is 4. The van der Waals surface area contributed by atoms with Gasteiger partial charge in [-0.15, -0.1) is 11.8 Å². The number of carbonyl (C=O) groups is 6. The van der Waals surface area contributed by atoms with Crippen LogP contribution in [0.3, 0.4) is 0 Å². The van der Waals surface area contributed by atoms with Crippen LogP contribution in [0, 0.1) is 25.5 Å². The topological polar surface area (TPSA) is 197 Å². The number of nitrogens with two attached hydrogens (primary N) is 1. The largest absolute Gasteiger partial charge is 0.452 e. The number of anilines is 4. The van der Waals surface area contributed by atoms with E-state index in [1.54, 1.807) is 94.4 Å². The molecule has 0 bridgehead atoms. The van der Waals surface area contributed by atoms with E-state index < -0.39 is 41.9 Å². The zero-order valence-corrected chi connectivity index (χ0v) is 46.8. The molecule has 4 aliphatic heterocycles. The van der Waals surface area contributed by atoms with Crippen LogP contribution in [-0.4, -0.2) is 165 Å². The standard InChI is InChI=1S/C27H31FN4O5S.C24H27FN4O5.C4H8S2/c1-3-24(38)29-15-21-16-32(27(35)37-21)20-8-9-23(22(28)14-20)30-10-12-31(13-11-30)25(33)17-36-26(34)19-6-4-18(2)5-7-19;1-16-2-4-17(5-3-16)23(31)33-15-22(30)28-10-8-27(9-11-28)21-7-6-18(12-20(21)25)29-14-19(13-26)34-24(29)32;1-3-4(5)6-2/h4-9,14,21H,3,10-13,15-17H2,1-2H3,(H,29,38);2-7,12,19H,8-11,13-15,26H2,1H3;3H2,1-2H3/t21-;19-;/m00./s1. The smallest absolute Gasteiger partial charge is 0.414 e. The fourth-order valence-corrected chi connectivity index (χ4v) is 8.78. The van der Waals surface area contributed by atoms with Gasteiger partial charge in [-0.3, -0.25) is 19.4 Å². The van der Waals surface area contributed by atoms with E-state index in [0.29, 0.717) is 111 Å². The third-order valence-electron chi connectivity index (χ3n) is 13.0. The number of thiocarbonyl (C=S) groups is 2. The van der Waals surface area contributed by atoms with Gasteiger partial charge in [0.15, 0.2) is 13.2 Å². The highest BCUT2D eigenvalue weighted by molar-refractivity contribution is 8.22. The van der Waals surface area contributed by atoms with Gasteiger partial charge in [0.2, 0.25) is 0 Å². The van der Waals surface area contributed by atoms with E-state index in [4.69, 9.17) is 49.1 Å². The van der Waals surface area contributed by atoms with Crippen molar-refractivity contribution in [3.63, 3.8) is 0 Å². The van der Waals surface area contributed by atoms with E-state index in [2.05, 4.69) is 12.2 Å². The number of carbonyl (C=O) groups excluding carboxylic acids is 6. The molecule has 4 fully saturated rings. The second-order valence-corrected chi connectivity index (χ2v) is 20.6. The lowest BCUT2D eigenvalue weighted by molar-refractivity contribution is -0.135. The summed E-state index contributed by atoms with van der Waals surface area (Å²) in [4.78, 5) is 83.9. The van der Waals surface area contributed by atoms with Crippen LogP contribution in [-0.2, 0) is 28.5 Å². The van der Waals surface area contributed by atoms with Gasteiger partial charge in [-0.05, 0) is 93.6 Å². The lowest BCUT2D eigenvalue weighted by Gasteiger charge is -2.36. The lowest BCUT2D eigenvalue weighted by Crippen LogP contribution is -2.50. The molecule has 4 aromatic rings. The monoisotopic (exact) mass is 1130 g/mol. The lowest BCUT2D eigenvalue weighted by atomic mass is 10.1. The van der Waals surface area contributed by atoms with Crippen LogP contribution in [0.1, 0.15) is 58.5 Å². The van der Waals surface area contributed by atoms with E-state index in [9.17, 15) is 33.2 Å². The molecule has 0 aromatic heterocycles. The molecule has 18 nitrogen and oxygen atoms in total. The maximum atomic E-state index is 15.1. The van der Waals surface area contributed by atoms with Crippen LogP contribution >= 0.6 is 36.2 Å². The Balaban J connectivity index is 0.000000229. The van der Waals surface area contributed by atoms with E-state index >= 15 is 4.39 Å². The van der Waals surface area contributed by atoms with Crippen LogP contribution in [0.15, 0.2) is 84.9 Å². The number of cyclic esters (lactones) is 2. The number of hydrogen-bond acceptors (Lipinski definition) is 16. The third kappa shape index (κ3) is 16.8. The van der Waals surface area contributed by atoms with Crippen molar-refractivity contribution >= 4 is 104 Å². The van der Waals surface area contributed by atoms with E-state index in [0.717, 1.165) is 21.7 Å². The molecule has 2 atom stereocenters.